The van der Waals surface area contributed by atoms with Gasteiger partial charge >= 0.3 is 308 Å². The number of aryl methyl sites for hydroxylation is 2. The number of benzene rings is 6. The summed E-state index contributed by atoms with van der Waals surface area (Å²) in [4.78, 5) is 0. The van der Waals surface area contributed by atoms with Crippen molar-refractivity contribution in [1.82, 2.24) is 0 Å². The third kappa shape index (κ3) is 5.43. The van der Waals surface area contributed by atoms with Gasteiger partial charge in [-0.1, -0.05) is 0 Å². The quantitative estimate of drug-likeness (QED) is 0.142. The van der Waals surface area contributed by atoms with Gasteiger partial charge in [-0.25, -0.2) is 0 Å². The summed E-state index contributed by atoms with van der Waals surface area (Å²) in [6.45, 7) is 8.91. The van der Waals surface area contributed by atoms with E-state index < -0.39 is 21.5 Å². The van der Waals surface area contributed by atoms with Crippen molar-refractivity contribution in [1.29, 1.82) is 0 Å². The molecule has 2 aliphatic carbocycles. The van der Waals surface area contributed by atoms with Crippen LogP contribution < -0.4 is 10.4 Å². The Hall–Kier alpha value is -3.52. The number of rotatable bonds is 7. The van der Waals surface area contributed by atoms with Crippen molar-refractivity contribution in [3.63, 3.8) is 0 Å². The van der Waals surface area contributed by atoms with Gasteiger partial charge in [0.05, 0.1) is 0 Å². The molecule has 0 N–H and O–H groups in total. The molecule has 50 heavy (non-hydrogen) atoms. The van der Waals surface area contributed by atoms with Crippen molar-refractivity contribution in [3.05, 3.63) is 190 Å². The summed E-state index contributed by atoms with van der Waals surface area (Å²) in [7, 11) is 18.2. The molecule has 2 aliphatic rings. The van der Waals surface area contributed by atoms with Crippen LogP contribution in [0.25, 0.3) is 34.4 Å². The van der Waals surface area contributed by atoms with Crippen molar-refractivity contribution in [2.45, 2.75) is 34.9 Å². The SMILES string of the molecule is CC1=Cc2c(-c3ccccc3)cccc2[CH]1[Zr]([Cl])([Cl])([CH]1C(C)=Cc2c(-c3ccccc3)cccc21)[SiH](c1ccc(C)cc1)c1ccc(C)cc1. The molecule has 2 atom stereocenters. The molecule has 0 amide bonds. The van der Waals surface area contributed by atoms with Gasteiger partial charge < -0.3 is 0 Å². The number of fused-ring (bicyclic) bond motifs is 2. The van der Waals surface area contributed by atoms with E-state index in [1.807, 2.05) is 0 Å². The zero-order chi connectivity index (χ0) is 34.6. The first-order valence-electron chi connectivity index (χ1n) is 17.6. The second kappa shape index (κ2) is 12.9. The molecule has 2 unspecified atom stereocenters. The van der Waals surface area contributed by atoms with Crippen LogP contribution in [0.15, 0.2) is 157 Å². The van der Waals surface area contributed by atoms with Crippen LogP contribution in [-0.4, -0.2) is 5.92 Å². The standard InChI is InChI=1S/2C16H13.C14H15Si.2ClH.Zr/c2*1-12-10-14-8-5-9-15(16(14)11-12)13-6-3-2-4-7-13;1-11-3-7-13(8-4-11)15-14-9-5-12(2)6-10-14;;;/h2*2-11H,1H3;3-10,15H,1-2H3;2*1H;/q;;;;;+2/p-2. The third-order valence-corrected chi connectivity index (χ3v) is 53.5. The van der Waals surface area contributed by atoms with Crippen LogP contribution in [0, 0.1) is 13.8 Å². The molecule has 6 aromatic rings. The van der Waals surface area contributed by atoms with Crippen molar-refractivity contribution < 1.29 is 15.6 Å². The van der Waals surface area contributed by atoms with E-state index in [0.29, 0.717) is 0 Å². The van der Waals surface area contributed by atoms with Crippen LogP contribution in [0.1, 0.15) is 54.5 Å². The number of halogens is 2. The number of hydrogen-bond donors (Lipinski definition) is 0. The third-order valence-electron chi connectivity index (χ3n) is 11.2. The fourth-order valence-electron chi connectivity index (χ4n) is 9.15. The van der Waals surface area contributed by atoms with Crippen LogP contribution in [-0.2, 0) is 15.6 Å². The summed E-state index contributed by atoms with van der Waals surface area (Å²) in [5.74, 6) is -2.36. The Morgan fingerprint density at radius 3 is 1.20 bits per heavy atom. The monoisotopic (exact) mass is 781 g/mol. The van der Waals surface area contributed by atoms with Crippen LogP contribution >= 0.6 is 17.0 Å². The van der Waals surface area contributed by atoms with Gasteiger partial charge in [-0.15, -0.1) is 0 Å². The molecular formula is C46H41Cl2SiZr. The van der Waals surface area contributed by atoms with E-state index in [2.05, 4.69) is 185 Å². The Balaban J connectivity index is 1.45. The Morgan fingerprint density at radius 1 is 0.440 bits per heavy atom. The molecule has 0 nitrogen and oxygen atoms in total. The van der Waals surface area contributed by atoms with Gasteiger partial charge in [0.1, 0.15) is 0 Å². The molecule has 0 radical (unpaired) electrons. The summed E-state index contributed by atoms with van der Waals surface area (Å²) < 4.78 is -0.116. The second-order valence-corrected chi connectivity index (χ2v) is 52.6. The molecule has 0 bridgehead atoms. The molecule has 4 heteroatoms. The maximum atomic E-state index is 9.12. The minimum absolute atomic E-state index is 0.0580. The van der Waals surface area contributed by atoms with E-state index in [9.17, 15) is 0 Å². The van der Waals surface area contributed by atoms with Gasteiger partial charge in [0.25, 0.3) is 0 Å². The maximum absolute atomic E-state index is 9.12. The summed E-state index contributed by atoms with van der Waals surface area (Å²) in [6, 6.07) is 53.5. The van der Waals surface area contributed by atoms with Crippen molar-refractivity contribution in [3.8, 4) is 22.3 Å². The van der Waals surface area contributed by atoms with Gasteiger partial charge in [-0.05, 0) is 0 Å². The van der Waals surface area contributed by atoms with E-state index in [1.165, 1.54) is 77.2 Å². The molecule has 0 saturated carbocycles. The molecule has 0 aliphatic heterocycles. The van der Waals surface area contributed by atoms with Gasteiger partial charge in [-0.2, -0.15) is 0 Å². The van der Waals surface area contributed by atoms with E-state index in [0.717, 1.165) is 0 Å². The molecule has 0 heterocycles. The first-order valence-corrected chi connectivity index (χ1v) is 32.7. The average Bonchev–Trinajstić information content (AvgIpc) is 3.67. The summed E-state index contributed by atoms with van der Waals surface area (Å²) in [5.41, 5.74) is 15.1. The van der Waals surface area contributed by atoms with Gasteiger partial charge in [0, 0.05) is 0 Å². The Morgan fingerprint density at radius 2 is 0.820 bits per heavy atom. The van der Waals surface area contributed by atoms with Gasteiger partial charge in [-0.3, -0.25) is 0 Å². The number of hydrogen-bond acceptors (Lipinski definition) is 0. The molecule has 6 aromatic carbocycles. The van der Waals surface area contributed by atoms with Crippen LogP contribution in [0.3, 0.4) is 0 Å². The zero-order valence-corrected chi connectivity index (χ0v) is 34.1. The summed E-state index contributed by atoms with van der Waals surface area (Å²) in [6.07, 6.45) is 4.82. The fourth-order valence-corrected chi connectivity index (χ4v) is 60.5. The first kappa shape index (κ1) is 33.6. The number of allylic oxidation sites excluding steroid dienone is 2. The first-order chi connectivity index (χ1) is 24.1. The zero-order valence-electron chi connectivity index (χ0n) is 29.0. The Bertz CT molecular complexity index is 2130. The summed E-state index contributed by atoms with van der Waals surface area (Å²) >= 11 is -5.38. The molecule has 8 rings (SSSR count). The van der Waals surface area contributed by atoms with E-state index >= 15 is 0 Å². The molecule has 247 valence electrons. The Kier molecular flexibility index (Phi) is 8.68. The van der Waals surface area contributed by atoms with Crippen molar-refractivity contribution in [2.75, 3.05) is 0 Å². The molecule has 0 saturated heterocycles. The predicted molar refractivity (Wildman–Crippen MR) is 217 cm³/mol. The topological polar surface area (TPSA) is 0 Å². The normalized spacial score (nSPS) is 17.5. The second-order valence-electron chi connectivity index (χ2n) is 14.5. The van der Waals surface area contributed by atoms with Crippen LogP contribution in [0.2, 0.25) is 0 Å². The van der Waals surface area contributed by atoms with Crippen molar-refractivity contribution >= 4 is 45.5 Å². The predicted octanol–water partition coefficient (Wildman–Crippen LogP) is 11.8. The van der Waals surface area contributed by atoms with E-state index in [-0.39, 0.29) is 7.25 Å². The van der Waals surface area contributed by atoms with E-state index in [1.54, 1.807) is 0 Å². The van der Waals surface area contributed by atoms with Crippen LogP contribution in [0.5, 0.6) is 0 Å². The van der Waals surface area contributed by atoms with Crippen molar-refractivity contribution in [2.24, 2.45) is 0 Å². The molecule has 0 fully saturated rings. The Labute approximate surface area is 305 Å². The van der Waals surface area contributed by atoms with Gasteiger partial charge in [0.2, 0.25) is 0 Å². The van der Waals surface area contributed by atoms with Gasteiger partial charge in [0.15, 0.2) is 0 Å². The summed E-state index contributed by atoms with van der Waals surface area (Å²) in [5, 5.41) is 2.66. The van der Waals surface area contributed by atoms with E-state index in [4.69, 9.17) is 17.0 Å². The molecule has 0 spiro atoms. The fraction of sp³-hybridized carbons (Fsp3) is 0.130. The van der Waals surface area contributed by atoms with Crippen LogP contribution in [0.4, 0.5) is 0 Å². The average molecular weight is 784 g/mol. The molecular weight excluding hydrogens is 743 g/mol. The minimum atomic E-state index is -5.38. The molecule has 0 aromatic heterocycles.